The molecule has 6 nitrogen and oxygen atoms in total. The fourth-order valence-electron chi connectivity index (χ4n) is 3.96. The molecule has 2 heterocycles. The Hall–Kier alpha value is -3.15. The number of hydrogen-bond donors (Lipinski definition) is 3. The van der Waals surface area contributed by atoms with Crippen molar-refractivity contribution >= 4 is 29.1 Å². The van der Waals surface area contributed by atoms with Crippen molar-refractivity contribution in [2.45, 2.75) is 31.6 Å². The molecule has 2 aromatic rings. The van der Waals surface area contributed by atoms with E-state index in [1.54, 1.807) is 0 Å². The molecule has 3 N–H and O–H groups in total. The highest BCUT2D eigenvalue weighted by Crippen LogP contribution is 2.34. The molecule has 0 spiro atoms. The van der Waals surface area contributed by atoms with Crippen molar-refractivity contribution in [1.29, 1.82) is 0 Å². The van der Waals surface area contributed by atoms with Crippen LogP contribution in [0.25, 0.3) is 0 Å². The average molecular weight is 377 g/mol. The van der Waals surface area contributed by atoms with Gasteiger partial charge >= 0.3 is 0 Å². The molecule has 2 aliphatic heterocycles. The van der Waals surface area contributed by atoms with E-state index in [2.05, 4.69) is 16.0 Å². The third kappa shape index (κ3) is 3.76. The van der Waals surface area contributed by atoms with E-state index in [0.29, 0.717) is 32.2 Å². The smallest absolute Gasteiger partial charge is 0.232 e. The zero-order valence-electron chi connectivity index (χ0n) is 15.5. The number of fused-ring (bicyclic) bond motifs is 2. The van der Waals surface area contributed by atoms with Crippen molar-refractivity contribution in [3.05, 3.63) is 59.7 Å². The van der Waals surface area contributed by atoms with Crippen LogP contribution in [0.3, 0.4) is 0 Å². The van der Waals surface area contributed by atoms with Crippen LogP contribution in [-0.4, -0.2) is 24.3 Å². The zero-order chi connectivity index (χ0) is 19.5. The van der Waals surface area contributed by atoms with Gasteiger partial charge in [-0.25, -0.2) is 0 Å². The van der Waals surface area contributed by atoms with Gasteiger partial charge in [0, 0.05) is 30.3 Å². The first kappa shape index (κ1) is 18.2. The Morgan fingerprint density at radius 2 is 1.64 bits per heavy atom. The second kappa shape index (κ2) is 7.84. The molecule has 2 aliphatic rings. The molecule has 0 fully saturated rings. The summed E-state index contributed by atoms with van der Waals surface area (Å²) in [5, 5.41) is 8.67. The number of carbonyl (C=O) groups excluding carboxylic acids is 3. The Balaban J connectivity index is 1.24. The summed E-state index contributed by atoms with van der Waals surface area (Å²) in [6, 6.07) is 15.4. The highest BCUT2D eigenvalue weighted by atomic mass is 16.2. The molecule has 3 amide bonds. The lowest BCUT2D eigenvalue weighted by Crippen LogP contribution is -2.32. The molecule has 0 aromatic heterocycles. The molecule has 4 rings (SSSR count). The van der Waals surface area contributed by atoms with E-state index in [0.717, 1.165) is 22.5 Å². The topological polar surface area (TPSA) is 87.3 Å². The van der Waals surface area contributed by atoms with Crippen LogP contribution in [-0.2, 0) is 20.8 Å². The summed E-state index contributed by atoms with van der Waals surface area (Å²) in [4.78, 5) is 36.5. The van der Waals surface area contributed by atoms with Gasteiger partial charge in [0.15, 0.2) is 0 Å². The van der Waals surface area contributed by atoms with Gasteiger partial charge in [-0.3, -0.25) is 14.4 Å². The maximum atomic E-state index is 12.2. The predicted octanol–water partition coefficient (Wildman–Crippen LogP) is 2.82. The van der Waals surface area contributed by atoms with Crippen molar-refractivity contribution in [2.24, 2.45) is 5.92 Å². The maximum absolute atomic E-state index is 12.2. The van der Waals surface area contributed by atoms with Crippen LogP contribution < -0.4 is 16.0 Å². The van der Waals surface area contributed by atoms with Crippen LogP contribution in [0, 0.1) is 5.92 Å². The van der Waals surface area contributed by atoms with Gasteiger partial charge in [0.25, 0.3) is 0 Å². The summed E-state index contributed by atoms with van der Waals surface area (Å²) in [5.41, 5.74) is 3.81. The Morgan fingerprint density at radius 3 is 2.50 bits per heavy atom. The minimum atomic E-state index is -0.225. The molecule has 0 radical (unpaired) electrons. The van der Waals surface area contributed by atoms with Gasteiger partial charge in [0.05, 0.1) is 5.92 Å². The molecule has 0 saturated carbocycles. The molecule has 144 valence electrons. The van der Waals surface area contributed by atoms with Crippen molar-refractivity contribution in [2.75, 3.05) is 17.2 Å². The molecule has 6 heteroatoms. The van der Waals surface area contributed by atoms with Gasteiger partial charge in [0.1, 0.15) is 0 Å². The largest absolute Gasteiger partial charge is 0.356 e. The summed E-state index contributed by atoms with van der Waals surface area (Å²) < 4.78 is 0. The number of amides is 3. The number of para-hydroxylation sites is 2. The van der Waals surface area contributed by atoms with Crippen LogP contribution in [0.2, 0.25) is 0 Å². The molecule has 2 aromatic carbocycles. The molecular weight excluding hydrogens is 354 g/mol. The van der Waals surface area contributed by atoms with Gasteiger partial charge < -0.3 is 16.0 Å². The van der Waals surface area contributed by atoms with Crippen LogP contribution in [0.15, 0.2) is 48.5 Å². The van der Waals surface area contributed by atoms with Crippen molar-refractivity contribution in [3.8, 4) is 0 Å². The SMILES string of the molecule is O=C(CC[C@H]1Cc2ccccc2NC1=O)NCC[C@H]1C(=O)Nc2ccccc21. The third-order valence-electron chi connectivity index (χ3n) is 5.50. The van der Waals surface area contributed by atoms with Crippen molar-refractivity contribution in [1.82, 2.24) is 5.32 Å². The maximum Gasteiger partial charge on any atom is 0.232 e. The third-order valence-corrected chi connectivity index (χ3v) is 5.50. The number of nitrogens with one attached hydrogen (secondary N) is 3. The molecule has 0 bridgehead atoms. The standard InChI is InChI=1S/C22H23N3O3/c26-20(10-9-15-13-14-5-1-3-7-18(14)24-21(15)27)23-12-11-17-16-6-2-4-8-19(16)25-22(17)28/h1-8,15,17H,9-13H2,(H,23,26)(H,24,27)(H,25,28)/t15-,17+/m0/s1. The number of carbonyl (C=O) groups is 3. The van der Waals surface area contributed by atoms with Gasteiger partial charge in [-0.15, -0.1) is 0 Å². The zero-order valence-corrected chi connectivity index (χ0v) is 15.5. The van der Waals surface area contributed by atoms with Gasteiger partial charge in [-0.05, 0) is 42.5 Å². The van der Waals surface area contributed by atoms with Gasteiger partial charge in [-0.2, -0.15) is 0 Å². The summed E-state index contributed by atoms with van der Waals surface area (Å²) in [5.74, 6) is -0.540. The monoisotopic (exact) mass is 377 g/mol. The quantitative estimate of drug-likeness (QED) is 0.723. The molecule has 2 atom stereocenters. The average Bonchev–Trinajstić information content (AvgIpc) is 3.01. The van der Waals surface area contributed by atoms with E-state index in [1.807, 2.05) is 48.5 Å². The van der Waals surface area contributed by atoms with E-state index >= 15 is 0 Å². The first-order valence-electron chi connectivity index (χ1n) is 9.67. The van der Waals surface area contributed by atoms with Crippen LogP contribution in [0.1, 0.15) is 36.3 Å². The van der Waals surface area contributed by atoms with E-state index < -0.39 is 0 Å². The molecule has 0 saturated heterocycles. The molecule has 28 heavy (non-hydrogen) atoms. The lowest BCUT2D eigenvalue weighted by molar-refractivity contribution is -0.123. The Labute approximate surface area is 163 Å². The molecular formula is C22H23N3O3. The summed E-state index contributed by atoms with van der Waals surface area (Å²) in [6.07, 6.45) is 2.03. The summed E-state index contributed by atoms with van der Waals surface area (Å²) in [6.45, 7) is 0.435. The first-order valence-corrected chi connectivity index (χ1v) is 9.67. The number of hydrogen-bond acceptors (Lipinski definition) is 3. The lowest BCUT2D eigenvalue weighted by Gasteiger charge is -2.24. The van der Waals surface area contributed by atoms with Crippen molar-refractivity contribution in [3.63, 3.8) is 0 Å². The van der Waals surface area contributed by atoms with Crippen LogP contribution in [0.4, 0.5) is 11.4 Å². The van der Waals surface area contributed by atoms with Crippen molar-refractivity contribution < 1.29 is 14.4 Å². The fraction of sp³-hybridized carbons (Fsp3) is 0.318. The van der Waals surface area contributed by atoms with E-state index in [-0.39, 0.29) is 29.6 Å². The second-order valence-corrected chi connectivity index (χ2v) is 7.35. The number of benzene rings is 2. The second-order valence-electron chi connectivity index (χ2n) is 7.35. The summed E-state index contributed by atoms with van der Waals surface area (Å²) in [7, 11) is 0. The Bertz CT molecular complexity index is 925. The Kier molecular flexibility index (Phi) is 5.10. The summed E-state index contributed by atoms with van der Waals surface area (Å²) >= 11 is 0. The Morgan fingerprint density at radius 1 is 0.929 bits per heavy atom. The minimum Gasteiger partial charge on any atom is -0.356 e. The highest BCUT2D eigenvalue weighted by molar-refractivity contribution is 6.02. The lowest BCUT2D eigenvalue weighted by atomic mass is 9.89. The molecule has 0 unspecified atom stereocenters. The molecule has 0 aliphatic carbocycles. The number of anilines is 2. The fourth-order valence-corrected chi connectivity index (χ4v) is 3.96. The van der Waals surface area contributed by atoms with Crippen LogP contribution in [0.5, 0.6) is 0 Å². The predicted molar refractivity (Wildman–Crippen MR) is 107 cm³/mol. The van der Waals surface area contributed by atoms with Gasteiger partial charge in [-0.1, -0.05) is 36.4 Å². The number of rotatable bonds is 6. The van der Waals surface area contributed by atoms with E-state index in [9.17, 15) is 14.4 Å². The highest BCUT2D eigenvalue weighted by Gasteiger charge is 2.30. The first-order chi connectivity index (χ1) is 13.6. The van der Waals surface area contributed by atoms with Crippen LogP contribution >= 0.6 is 0 Å². The normalized spacial score (nSPS) is 20.0. The van der Waals surface area contributed by atoms with E-state index in [4.69, 9.17) is 0 Å². The minimum absolute atomic E-state index is 0.0204. The van der Waals surface area contributed by atoms with E-state index in [1.165, 1.54) is 0 Å². The van der Waals surface area contributed by atoms with Gasteiger partial charge in [0.2, 0.25) is 17.7 Å².